The largest absolute Gasteiger partial charge is 0.241 e. The maximum atomic E-state index is 4.49. The summed E-state index contributed by atoms with van der Waals surface area (Å²) in [6.07, 6.45) is 8.11. The van der Waals surface area contributed by atoms with E-state index in [2.05, 4.69) is 54.6 Å². The van der Waals surface area contributed by atoms with Crippen LogP contribution in [0, 0.1) is 0 Å². The normalized spacial score (nSPS) is 12.4. The lowest BCUT2D eigenvalue weighted by Gasteiger charge is -2.22. The van der Waals surface area contributed by atoms with Crippen molar-refractivity contribution in [3.63, 3.8) is 0 Å². The zero-order valence-electron chi connectivity index (χ0n) is 12.9. The van der Waals surface area contributed by atoms with Gasteiger partial charge in [0.15, 0.2) is 0 Å². The third kappa shape index (κ3) is 3.38. The van der Waals surface area contributed by atoms with Gasteiger partial charge in [0.25, 0.3) is 0 Å². The summed E-state index contributed by atoms with van der Waals surface area (Å²) in [4.78, 5) is 17.7. The molecule has 2 heterocycles. The van der Waals surface area contributed by atoms with Crippen molar-refractivity contribution in [3.05, 3.63) is 48.1 Å². The Balaban J connectivity index is 2.18. The van der Waals surface area contributed by atoms with Gasteiger partial charge in [0.2, 0.25) is 0 Å². The van der Waals surface area contributed by atoms with Gasteiger partial charge in [-0.25, -0.2) is 19.9 Å². The Morgan fingerprint density at radius 3 is 1.90 bits per heavy atom. The molecule has 106 valence electrons. The van der Waals surface area contributed by atoms with Gasteiger partial charge in [-0.05, 0) is 17.0 Å². The molecule has 20 heavy (non-hydrogen) atoms. The van der Waals surface area contributed by atoms with Crippen molar-refractivity contribution in [2.45, 2.75) is 51.9 Å². The summed E-state index contributed by atoms with van der Waals surface area (Å²) in [5.41, 5.74) is 1.05. The van der Waals surface area contributed by atoms with E-state index in [-0.39, 0.29) is 10.8 Å². The van der Waals surface area contributed by atoms with Crippen molar-refractivity contribution in [2.24, 2.45) is 0 Å². The van der Waals surface area contributed by atoms with Crippen LogP contribution in [0.5, 0.6) is 0 Å². The van der Waals surface area contributed by atoms with Crippen molar-refractivity contribution in [3.8, 4) is 0 Å². The van der Waals surface area contributed by atoms with Gasteiger partial charge in [0, 0.05) is 36.6 Å². The molecule has 0 bridgehead atoms. The predicted molar refractivity (Wildman–Crippen MR) is 79.5 cm³/mol. The summed E-state index contributed by atoms with van der Waals surface area (Å²) in [5, 5.41) is 0. The molecule has 2 aromatic heterocycles. The Morgan fingerprint density at radius 2 is 1.40 bits per heavy atom. The summed E-state index contributed by atoms with van der Waals surface area (Å²) in [5.74, 6) is 1.65. The second-order valence-electron chi connectivity index (χ2n) is 6.77. The molecule has 0 saturated heterocycles. The lowest BCUT2D eigenvalue weighted by atomic mass is 9.87. The highest BCUT2D eigenvalue weighted by Crippen LogP contribution is 2.24. The molecule has 0 unspecified atom stereocenters. The van der Waals surface area contributed by atoms with Gasteiger partial charge in [0.1, 0.15) is 11.6 Å². The third-order valence-corrected chi connectivity index (χ3v) is 3.34. The summed E-state index contributed by atoms with van der Waals surface area (Å²) in [6.45, 7) is 10.7. The van der Waals surface area contributed by atoms with Gasteiger partial charge in [-0.2, -0.15) is 0 Å². The molecule has 0 aromatic carbocycles. The van der Waals surface area contributed by atoms with E-state index in [1.807, 2.05) is 18.5 Å². The molecule has 0 saturated carbocycles. The quantitative estimate of drug-likeness (QED) is 0.860. The van der Waals surface area contributed by atoms with E-state index in [1.54, 1.807) is 12.4 Å². The maximum Gasteiger partial charge on any atom is 0.134 e. The van der Waals surface area contributed by atoms with Crippen LogP contribution >= 0.6 is 0 Å². The number of hydrogen-bond acceptors (Lipinski definition) is 4. The Labute approximate surface area is 120 Å². The van der Waals surface area contributed by atoms with E-state index in [9.17, 15) is 0 Å². The highest BCUT2D eigenvalue weighted by molar-refractivity contribution is 5.17. The van der Waals surface area contributed by atoms with Gasteiger partial charge in [-0.3, -0.25) is 0 Å². The van der Waals surface area contributed by atoms with Crippen LogP contribution < -0.4 is 0 Å². The fourth-order valence-electron chi connectivity index (χ4n) is 1.96. The molecule has 0 N–H and O–H groups in total. The van der Waals surface area contributed by atoms with Gasteiger partial charge < -0.3 is 0 Å². The summed E-state index contributed by atoms with van der Waals surface area (Å²) in [7, 11) is 0. The summed E-state index contributed by atoms with van der Waals surface area (Å²) in [6, 6.07) is 1.83. The molecule has 4 heteroatoms. The van der Waals surface area contributed by atoms with Crippen molar-refractivity contribution in [1.29, 1.82) is 0 Å². The number of aromatic nitrogens is 4. The lowest BCUT2D eigenvalue weighted by molar-refractivity contribution is 0.472. The van der Waals surface area contributed by atoms with Crippen molar-refractivity contribution >= 4 is 0 Å². The molecule has 0 aliphatic heterocycles. The molecule has 0 fully saturated rings. The van der Waals surface area contributed by atoms with Crippen LogP contribution in [0.4, 0.5) is 0 Å². The Morgan fingerprint density at radius 1 is 0.850 bits per heavy atom. The number of nitrogens with zero attached hydrogens (tertiary/aromatic N) is 4. The van der Waals surface area contributed by atoms with Gasteiger partial charge in [-0.1, -0.05) is 34.6 Å². The first-order chi connectivity index (χ1) is 9.29. The fraction of sp³-hybridized carbons (Fsp3) is 0.500. The Kier molecular flexibility index (Phi) is 3.84. The van der Waals surface area contributed by atoms with Crippen LogP contribution in [0.25, 0.3) is 0 Å². The SMILES string of the molecule is CC(C)(C)c1cnc(CC(C)(C)c2ncccn2)nc1. The average Bonchev–Trinajstić information content (AvgIpc) is 2.39. The first-order valence-electron chi connectivity index (χ1n) is 6.88. The van der Waals surface area contributed by atoms with Crippen LogP contribution in [-0.2, 0) is 17.3 Å². The lowest BCUT2D eigenvalue weighted by Crippen LogP contribution is -2.25. The van der Waals surface area contributed by atoms with Crippen LogP contribution in [-0.4, -0.2) is 19.9 Å². The highest BCUT2D eigenvalue weighted by Gasteiger charge is 2.25. The van der Waals surface area contributed by atoms with E-state index in [4.69, 9.17) is 0 Å². The molecule has 2 aromatic rings. The second-order valence-corrected chi connectivity index (χ2v) is 6.77. The second kappa shape index (κ2) is 5.27. The number of hydrogen-bond donors (Lipinski definition) is 0. The van der Waals surface area contributed by atoms with E-state index < -0.39 is 0 Å². The van der Waals surface area contributed by atoms with E-state index in [0.29, 0.717) is 0 Å². The fourth-order valence-corrected chi connectivity index (χ4v) is 1.96. The molecule has 4 nitrogen and oxygen atoms in total. The minimum Gasteiger partial charge on any atom is -0.241 e. The molecule has 0 aliphatic rings. The molecular weight excluding hydrogens is 248 g/mol. The van der Waals surface area contributed by atoms with E-state index in [0.717, 1.165) is 23.6 Å². The Bertz CT molecular complexity index is 553. The van der Waals surface area contributed by atoms with Crippen LogP contribution in [0.1, 0.15) is 51.8 Å². The van der Waals surface area contributed by atoms with Crippen molar-refractivity contribution in [2.75, 3.05) is 0 Å². The van der Waals surface area contributed by atoms with E-state index >= 15 is 0 Å². The highest BCUT2D eigenvalue weighted by atomic mass is 14.9. The molecule has 0 amide bonds. The molecule has 0 spiro atoms. The predicted octanol–water partition coefficient (Wildman–Crippen LogP) is 3.08. The molecule has 0 radical (unpaired) electrons. The Hall–Kier alpha value is -1.84. The standard InChI is InChI=1S/C16H22N4/c1-15(2,3)12-10-19-13(20-11-12)9-16(4,5)14-17-7-6-8-18-14/h6-8,10-11H,9H2,1-5H3. The zero-order chi connectivity index (χ0) is 14.8. The molecular formula is C16H22N4. The van der Waals surface area contributed by atoms with E-state index in [1.165, 1.54) is 0 Å². The summed E-state index contributed by atoms with van der Waals surface area (Å²) < 4.78 is 0. The first-order valence-corrected chi connectivity index (χ1v) is 6.88. The van der Waals surface area contributed by atoms with Gasteiger partial charge >= 0.3 is 0 Å². The zero-order valence-corrected chi connectivity index (χ0v) is 12.9. The van der Waals surface area contributed by atoms with Gasteiger partial charge in [-0.15, -0.1) is 0 Å². The minimum absolute atomic E-state index is 0.0799. The van der Waals surface area contributed by atoms with Crippen LogP contribution in [0.2, 0.25) is 0 Å². The van der Waals surface area contributed by atoms with Crippen molar-refractivity contribution < 1.29 is 0 Å². The minimum atomic E-state index is -0.176. The van der Waals surface area contributed by atoms with Crippen molar-refractivity contribution in [1.82, 2.24) is 19.9 Å². The monoisotopic (exact) mass is 270 g/mol. The molecule has 0 atom stereocenters. The first kappa shape index (κ1) is 14.6. The molecule has 0 aliphatic carbocycles. The van der Waals surface area contributed by atoms with Gasteiger partial charge in [0.05, 0.1) is 0 Å². The number of rotatable bonds is 3. The molecule has 2 rings (SSSR count). The summed E-state index contributed by atoms with van der Waals surface area (Å²) >= 11 is 0. The van der Waals surface area contributed by atoms with Crippen LogP contribution in [0.3, 0.4) is 0 Å². The third-order valence-electron chi connectivity index (χ3n) is 3.34. The maximum absolute atomic E-state index is 4.49. The average molecular weight is 270 g/mol. The van der Waals surface area contributed by atoms with Crippen LogP contribution in [0.15, 0.2) is 30.9 Å². The topological polar surface area (TPSA) is 51.6 Å². The smallest absolute Gasteiger partial charge is 0.134 e.